The van der Waals surface area contributed by atoms with Crippen molar-refractivity contribution in [2.75, 3.05) is 19.6 Å². The van der Waals surface area contributed by atoms with E-state index in [0.29, 0.717) is 6.54 Å². The average molecular weight is 357 g/mol. The van der Waals surface area contributed by atoms with E-state index < -0.39 is 0 Å². The molecule has 0 bridgehead atoms. The minimum atomic E-state index is 0. The summed E-state index contributed by atoms with van der Waals surface area (Å²) < 4.78 is 1.89. The molecule has 0 radical (unpaired) electrons. The van der Waals surface area contributed by atoms with Crippen LogP contribution in [0.25, 0.3) is 5.69 Å². The van der Waals surface area contributed by atoms with E-state index >= 15 is 0 Å². The van der Waals surface area contributed by atoms with Gasteiger partial charge in [0.15, 0.2) is 0 Å². The number of nitrogens with zero attached hydrogens (tertiary/aromatic N) is 3. The second-order valence-electron chi connectivity index (χ2n) is 5.92. The van der Waals surface area contributed by atoms with Gasteiger partial charge in [-0.3, -0.25) is 4.90 Å². The predicted octanol–water partition coefficient (Wildman–Crippen LogP) is 3.30. The summed E-state index contributed by atoms with van der Waals surface area (Å²) in [6, 6.07) is 21.1. The van der Waals surface area contributed by atoms with Crippen molar-refractivity contribution in [3.63, 3.8) is 0 Å². The van der Waals surface area contributed by atoms with Crippen LogP contribution in [-0.4, -0.2) is 34.3 Å². The lowest BCUT2D eigenvalue weighted by atomic mass is 10.1. The van der Waals surface area contributed by atoms with Gasteiger partial charge in [-0.15, -0.1) is 12.4 Å². The molecule has 132 valence electrons. The van der Waals surface area contributed by atoms with Gasteiger partial charge in [0.2, 0.25) is 0 Å². The van der Waals surface area contributed by atoms with E-state index in [-0.39, 0.29) is 12.4 Å². The van der Waals surface area contributed by atoms with Crippen LogP contribution in [0.2, 0.25) is 0 Å². The minimum absolute atomic E-state index is 0. The third-order valence-electron chi connectivity index (χ3n) is 4.09. The molecule has 0 aliphatic rings. The van der Waals surface area contributed by atoms with Crippen LogP contribution in [0.3, 0.4) is 0 Å². The molecule has 0 saturated carbocycles. The van der Waals surface area contributed by atoms with Crippen LogP contribution in [-0.2, 0) is 13.0 Å². The van der Waals surface area contributed by atoms with Gasteiger partial charge >= 0.3 is 0 Å². The van der Waals surface area contributed by atoms with Crippen LogP contribution >= 0.6 is 12.4 Å². The van der Waals surface area contributed by atoms with E-state index in [2.05, 4.69) is 64.6 Å². The van der Waals surface area contributed by atoms with E-state index in [1.165, 1.54) is 11.1 Å². The number of aromatic nitrogens is 2. The molecule has 0 atom stereocenters. The molecule has 2 aromatic carbocycles. The number of hydrogen-bond acceptors (Lipinski definition) is 3. The highest BCUT2D eigenvalue weighted by Crippen LogP contribution is 2.12. The molecular weight excluding hydrogens is 332 g/mol. The van der Waals surface area contributed by atoms with Crippen molar-refractivity contribution in [1.29, 1.82) is 0 Å². The Morgan fingerprint density at radius 3 is 2.44 bits per heavy atom. The maximum atomic E-state index is 5.80. The molecule has 1 aromatic heterocycles. The fraction of sp³-hybridized carbons (Fsp3) is 0.250. The highest BCUT2D eigenvalue weighted by atomic mass is 35.5. The number of rotatable bonds is 8. The quantitative estimate of drug-likeness (QED) is 0.673. The summed E-state index contributed by atoms with van der Waals surface area (Å²) in [6.07, 6.45) is 4.80. The lowest BCUT2D eigenvalue weighted by molar-refractivity contribution is 0.276. The first-order chi connectivity index (χ1) is 11.8. The van der Waals surface area contributed by atoms with Gasteiger partial charge in [-0.05, 0) is 35.7 Å². The summed E-state index contributed by atoms with van der Waals surface area (Å²) in [6.45, 7) is 3.48. The Bertz CT molecular complexity index is 728. The molecule has 0 fully saturated rings. The van der Waals surface area contributed by atoms with Crippen molar-refractivity contribution in [3.8, 4) is 5.69 Å². The lowest BCUT2D eigenvalue weighted by Gasteiger charge is -2.22. The Morgan fingerprint density at radius 2 is 1.72 bits per heavy atom. The zero-order valence-corrected chi connectivity index (χ0v) is 15.1. The molecule has 3 aromatic rings. The van der Waals surface area contributed by atoms with Gasteiger partial charge in [0.25, 0.3) is 0 Å². The van der Waals surface area contributed by atoms with E-state index in [9.17, 15) is 0 Å². The zero-order valence-electron chi connectivity index (χ0n) is 14.3. The smallest absolute Gasteiger partial charge is 0.0648 e. The zero-order chi connectivity index (χ0) is 16.6. The molecule has 2 N–H and O–H groups in total. The van der Waals surface area contributed by atoms with Gasteiger partial charge in [0.1, 0.15) is 0 Å². The Labute approximate surface area is 155 Å². The van der Waals surface area contributed by atoms with Crippen molar-refractivity contribution in [1.82, 2.24) is 14.7 Å². The first kappa shape index (κ1) is 19.2. The van der Waals surface area contributed by atoms with Gasteiger partial charge in [0, 0.05) is 38.6 Å². The van der Waals surface area contributed by atoms with Gasteiger partial charge < -0.3 is 5.73 Å². The SMILES string of the molecule is Cl.NCCN(CCc1ccccc1)Cc1cccc(-n2cccn2)c1. The molecule has 1 heterocycles. The maximum Gasteiger partial charge on any atom is 0.0648 e. The normalized spacial score (nSPS) is 10.6. The number of benzene rings is 2. The Morgan fingerprint density at radius 1 is 0.920 bits per heavy atom. The van der Waals surface area contributed by atoms with Crippen LogP contribution < -0.4 is 5.73 Å². The standard InChI is InChI=1S/C20H24N4.ClH/c21-11-15-23(14-10-18-6-2-1-3-7-18)17-19-8-4-9-20(16-19)24-13-5-12-22-24;/h1-9,12-13,16H,10-11,14-15,17,21H2;1H. The molecule has 0 unspecified atom stereocenters. The molecule has 5 heteroatoms. The Balaban J connectivity index is 0.00000225. The first-order valence-electron chi connectivity index (χ1n) is 8.40. The molecule has 0 aliphatic carbocycles. The predicted molar refractivity (Wildman–Crippen MR) is 105 cm³/mol. The van der Waals surface area contributed by atoms with Gasteiger partial charge in [-0.25, -0.2) is 4.68 Å². The molecule has 0 spiro atoms. The summed E-state index contributed by atoms with van der Waals surface area (Å²) in [4.78, 5) is 2.41. The largest absolute Gasteiger partial charge is 0.329 e. The number of nitrogens with two attached hydrogens (primary N) is 1. The van der Waals surface area contributed by atoms with Crippen molar-refractivity contribution >= 4 is 12.4 Å². The molecule has 4 nitrogen and oxygen atoms in total. The maximum absolute atomic E-state index is 5.80. The number of halogens is 1. The van der Waals surface area contributed by atoms with Crippen LogP contribution in [0.1, 0.15) is 11.1 Å². The molecule has 0 aliphatic heterocycles. The summed E-state index contributed by atoms with van der Waals surface area (Å²) in [5, 5.41) is 4.30. The summed E-state index contributed by atoms with van der Waals surface area (Å²) in [5.74, 6) is 0. The van der Waals surface area contributed by atoms with Crippen LogP contribution in [0.15, 0.2) is 73.1 Å². The van der Waals surface area contributed by atoms with Crippen molar-refractivity contribution < 1.29 is 0 Å². The molecule has 25 heavy (non-hydrogen) atoms. The summed E-state index contributed by atoms with van der Waals surface area (Å²) in [7, 11) is 0. The van der Waals surface area contributed by atoms with Gasteiger partial charge in [0.05, 0.1) is 5.69 Å². The monoisotopic (exact) mass is 356 g/mol. The fourth-order valence-electron chi connectivity index (χ4n) is 2.86. The highest BCUT2D eigenvalue weighted by Gasteiger charge is 2.07. The van der Waals surface area contributed by atoms with Crippen molar-refractivity contribution in [2.45, 2.75) is 13.0 Å². The fourth-order valence-corrected chi connectivity index (χ4v) is 2.86. The van der Waals surface area contributed by atoms with E-state index in [1.807, 2.05) is 16.9 Å². The second kappa shape index (κ2) is 9.99. The second-order valence-corrected chi connectivity index (χ2v) is 5.92. The summed E-state index contributed by atoms with van der Waals surface area (Å²) >= 11 is 0. The van der Waals surface area contributed by atoms with Crippen LogP contribution in [0.4, 0.5) is 0 Å². The third kappa shape index (κ3) is 5.71. The lowest BCUT2D eigenvalue weighted by Crippen LogP contribution is -2.31. The Kier molecular flexibility index (Phi) is 7.67. The van der Waals surface area contributed by atoms with Crippen molar-refractivity contribution in [2.24, 2.45) is 5.73 Å². The van der Waals surface area contributed by atoms with E-state index in [1.54, 1.807) is 6.20 Å². The Hall–Kier alpha value is -2.14. The van der Waals surface area contributed by atoms with E-state index in [4.69, 9.17) is 5.73 Å². The van der Waals surface area contributed by atoms with Crippen molar-refractivity contribution in [3.05, 3.63) is 84.2 Å². The molecular formula is C20H25ClN4. The third-order valence-corrected chi connectivity index (χ3v) is 4.09. The summed E-state index contributed by atoms with van der Waals surface area (Å²) in [5.41, 5.74) is 9.54. The number of hydrogen-bond donors (Lipinski definition) is 1. The molecule has 0 saturated heterocycles. The topological polar surface area (TPSA) is 47.1 Å². The molecule has 0 amide bonds. The first-order valence-corrected chi connectivity index (χ1v) is 8.40. The van der Waals surface area contributed by atoms with E-state index in [0.717, 1.165) is 31.7 Å². The minimum Gasteiger partial charge on any atom is -0.329 e. The average Bonchev–Trinajstić information content (AvgIpc) is 3.16. The highest BCUT2D eigenvalue weighted by molar-refractivity contribution is 5.85. The molecule has 3 rings (SSSR count). The van der Waals surface area contributed by atoms with Gasteiger partial charge in [-0.1, -0.05) is 42.5 Å². The van der Waals surface area contributed by atoms with Crippen LogP contribution in [0.5, 0.6) is 0 Å². The van der Waals surface area contributed by atoms with Crippen LogP contribution in [0, 0.1) is 0 Å². The van der Waals surface area contributed by atoms with Gasteiger partial charge in [-0.2, -0.15) is 5.10 Å².